The molecule has 0 bridgehead atoms. The van der Waals surface area contributed by atoms with E-state index in [1.54, 1.807) is 31.4 Å². The Morgan fingerprint density at radius 2 is 2.08 bits per heavy atom. The van der Waals surface area contributed by atoms with Gasteiger partial charge in [0.1, 0.15) is 18.1 Å². The van der Waals surface area contributed by atoms with Gasteiger partial charge in [0.2, 0.25) is 0 Å². The maximum atomic E-state index is 11.0. The first kappa shape index (κ1) is 16.3. The Balaban J connectivity index is 1.55. The van der Waals surface area contributed by atoms with Crippen LogP contribution in [-0.2, 0) is 13.0 Å². The fraction of sp³-hybridized carbons (Fsp3) is 0.316. The van der Waals surface area contributed by atoms with Crippen LogP contribution >= 0.6 is 0 Å². The Hall–Kier alpha value is -2.53. The van der Waals surface area contributed by atoms with Crippen LogP contribution in [0.25, 0.3) is 0 Å². The molecule has 24 heavy (non-hydrogen) atoms. The summed E-state index contributed by atoms with van der Waals surface area (Å²) in [5.74, 6) is 0.616. The lowest BCUT2D eigenvalue weighted by Gasteiger charge is -2.29. The smallest absolute Gasteiger partial charge is 0.335 e. The summed E-state index contributed by atoms with van der Waals surface area (Å²) < 4.78 is 11.1. The maximum Gasteiger partial charge on any atom is 0.335 e. The lowest BCUT2D eigenvalue weighted by molar-refractivity contribution is 0.0696. The summed E-state index contributed by atoms with van der Waals surface area (Å²) in [7, 11) is 1.71. The van der Waals surface area contributed by atoms with E-state index in [1.165, 1.54) is 11.1 Å². The Morgan fingerprint density at radius 1 is 1.25 bits per heavy atom. The molecule has 1 aliphatic heterocycles. The number of hydrogen-bond donors (Lipinski definition) is 1. The van der Waals surface area contributed by atoms with Gasteiger partial charge in [-0.1, -0.05) is 18.2 Å². The van der Waals surface area contributed by atoms with Gasteiger partial charge in [-0.05, 0) is 41.8 Å². The van der Waals surface area contributed by atoms with Crippen LogP contribution in [0.4, 0.5) is 0 Å². The number of carbonyl (C=O) groups is 1. The summed E-state index contributed by atoms with van der Waals surface area (Å²) in [6.45, 7) is 3.17. The minimum absolute atomic E-state index is 0.242. The monoisotopic (exact) mass is 327 g/mol. The zero-order chi connectivity index (χ0) is 16.9. The van der Waals surface area contributed by atoms with Gasteiger partial charge < -0.3 is 14.6 Å². The summed E-state index contributed by atoms with van der Waals surface area (Å²) >= 11 is 0. The Kier molecular flexibility index (Phi) is 5.01. The van der Waals surface area contributed by atoms with Crippen LogP contribution in [0.5, 0.6) is 11.5 Å². The molecule has 0 fully saturated rings. The van der Waals surface area contributed by atoms with Gasteiger partial charge >= 0.3 is 5.97 Å². The van der Waals surface area contributed by atoms with Crippen molar-refractivity contribution in [3.8, 4) is 11.5 Å². The highest BCUT2D eigenvalue weighted by atomic mass is 16.5. The number of ether oxygens (including phenoxy) is 2. The Labute approximate surface area is 141 Å². The first-order valence-electron chi connectivity index (χ1n) is 8.00. The summed E-state index contributed by atoms with van der Waals surface area (Å²) in [4.78, 5) is 13.3. The van der Waals surface area contributed by atoms with Crippen molar-refractivity contribution in [1.82, 2.24) is 4.90 Å². The number of benzene rings is 2. The largest absolute Gasteiger partial charge is 0.496 e. The van der Waals surface area contributed by atoms with Gasteiger partial charge in [0, 0.05) is 19.6 Å². The van der Waals surface area contributed by atoms with Crippen molar-refractivity contribution in [3.63, 3.8) is 0 Å². The van der Waals surface area contributed by atoms with Crippen LogP contribution in [0, 0.1) is 0 Å². The van der Waals surface area contributed by atoms with Gasteiger partial charge in [0.25, 0.3) is 0 Å². The van der Waals surface area contributed by atoms with Gasteiger partial charge in [-0.3, -0.25) is 4.90 Å². The lowest BCUT2D eigenvalue weighted by atomic mass is 9.99. The molecular formula is C19H21NO4. The number of carboxylic acids is 1. The number of aromatic carboxylic acids is 1. The van der Waals surface area contributed by atoms with Gasteiger partial charge in [0.05, 0.1) is 12.7 Å². The third-order valence-corrected chi connectivity index (χ3v) is 4.28. The maximum absolute atomic E-state index is 11.0. The molecule has 5 nitrogen and oxygen atoms in total. The molecule has 1 N–H and O–H groups in total. The van der Waals surface area contributed by atoms with E-state index in [-0.39, 0.29) is 5.56 Å². The molecule has 0 amide bonds. The predicted octanol–water partition coefficient (Wildman–Crippen LogP) is 2.83. The molecule has 0 saturated heterocycles. The van der Waals surface area contributed by atoms with Gasteiger partial charge in [-0.25, -0.2) is 4.79 Å². The highest BCUT2D eigenvalue weighted by Crippen LogP contribution is 2.27. The van der Waals surface area contributed by atoms with Crippen LogP contribution in [0.1, 0.15) is 21.5 Å². The summed E-state index contributed by atoms with van der Waals surface area (Å²) in [6.07, 6.45) is 0.966. The van der Waals surface area contributed by atoms with Crippen molar-refractivity contribution in [2.75, 3.05) is 26.8 Å². The molecule has 126 valence electrons. The number of rotatable bonds is 6. The molecule has 0 unspecified atom stereocenters. The number of fused-ring (bicyclic) bond motifs is 1. The van der Waals surface area contributed by atoms with Gasteiger partial charge in [0.15, 0.2) is 0 Å². The minimum atomic E-state index is -0.943. The molecular weight excluding hydrogens is 306 g/mol. The number of methoxy groups -OCH3 is 1. The summed E-state index contributed by atoms with van der Waals surface area (Å²) in [6, 6.07) is 12.8. The molecule has 0 atom stereocenters. The normalized spacial score (nSPS) is 14.0. The van der Waals surface area contributed by atoms with E-state index < -0.39 is 5.97 Å². The molecule has 5 heteroatoms. The zero-order valence-electron chi connectivity index (χ0n) is 13.7. The van der Waals surface area contributed by atoms with Crippen LogP contribution in [0.2, 0.25) is 0 Å². The van der Waals surface area contributed by atoms with Crippen molar-refractivity contribution < 1.29 is 19.4 Å². The van der Waals surface area contributed by atoms with E-state index in [0.717, 1.165) is 31.8 Å². The molecule has 0 saturated carbocycles. The van der Waals surface area contributed by atoms with Crippen LogP contribution in [-0.4, -0.2) is 42.8 Å². The first-order chi connectivity index (χ1) is 11.7. The van der Waals surface area contributed by atoms with Crippen molar-refractivity contribution in [1.29, 1.82) is 0 Å². The van der Waals surface area contributed by atoms with Crippen LogP contribution in [0.3, 0.4) is 0 Å². The van der Waals surface area contributed by atoms with E-state index >= 15 is 0 Å². The summed E-state index contributed by atoms with van der Waals surface area (Å²) in [5.41, 5.74) is 2.84. The average Bonchev–Trinajstić information content (AvgIpc) is 2.61. The van der Waals surface area contributed by atoms with E-state index in [4.69, 9.17) is 14.6 Å². The topological polar surface area (TPSA) is 59.0 Å². The van der Waals surface area contributed by atoms with Crippen molar-refractivity contribution in [3.05, 3.63) is 59.2 Å². The van der Waals surface area contributed by atoms with Crippen LogP contribution in [0.15, 0.2) is 42.5 Å². The second kappa shape index (κ2) is 7.36. The quantitative estimate of drug-likeness (QED) is 0.884. The van der Waals surface area contributed by atoms with E-state index in [0.29, 0.717) is 12.4 Å². The Bertz CT molecular complexity index is 729. The van der Waals surface area contributed by atoms with E-state index in [9.17, 15) is 4.79 Å². The molecule has 1 aliphatic rings. The molecule has 3 rings (SSSR count). The summed E-state index contributed by atoms with van der Waals surface area (Å²) in [5, 5.41) is 9.00. The molecule has 1 heterocycles. The van der Waals surface area contributed by atoms with Gasteiger partial charge in [-0.2, -0.15) is 0 Å². The van der Waals surface area contributed by atoms with Crippen LogP contribution < -0.4 is 9.47 Å². The molecule has 2 aromatic carbocycles. The van der Waals surface area contributed by atoms with E-state index in [2.05, 4.69) is 11.0 Å². The molecule has 0 spiro atoms. The van der Waals surface area contributed by atoms with Crippen molar-refractivity contribution >= 4 is 5.97 Å². The molecule has 0 radical (unpaired) electrons. The standard InChI is InChI=1S/C19H21NO4/c1-23-18-7-3-5-15-13-20(9-8-17(15)18)10-11-24-16-6-2-4-14(12-16)19(21)22/h2-7,12H,8-11,13H2,1H3,(H,21,22). The predicted molar refractivity (Wildman–Crippen MR) is 90.9 cm³/mol. The lowest BCUT2D eigenvalue weighted by Crippen LogP contribution is -2.34. The number of hydrogen-bond acceptors (Lipinski definition) is 4. The highest BCUT2D eigenvalue weighted by Gasteiger charge is 2.18. The fourth-order valence-electron chi connectivity index (χ4n) is 3.03. The second-order valence-electron chi connectivity index (χ2n) is 5.81. The van der Waals surface area contributed by atoms with Crippen molar-refractivity contribution in [2.24, 2.45) is 0 Å². The number of nitrogens with zero attached hydrogens (tertiary/aromatic N) is 1. The first-order valence-corrected chi connectivity index (χ1v) is 8.00. The Morgan fingerprint density at radius 3 is 2.88 bits per heavy atom. The van der Waals surface area contributed by atoms with Crippen molar-refractivity contribution in [2.45, 2.75) is 13.0 Å². The third-order valence-electron chi connectivity index (χ3n) is 4.28. The highest BCUT2D eigenvalue weighted by molar-refractivity contribution is 5.87. The molecule has 0 aliphatic carbocycles. The molecule has 2 aromatic rings. The molecule has 0 aromatic heterocycles. The fourth-order valence-corrected chi connectivity index (χ4v) is 3.03. The van der Waals surface area contributed by atoms with E-state index in [1.807, 2.05) is 12.1 Å². The second-order valence-corrected chi connectivity index (χ2v) is 5.81. The zero-order valence-corrected chi connectivity index (χ0v) is 13.7. The minimum Gasteiger partial charge on any atom is -0.496 e. The third kappa shape index (κ3) is 3.68. The SMILES string of the molecule is COc1cccc2c1CCN(CCOc1cccc(C(=O)O)c1)C2. The number of carboxylic acid groups (broad SMARTS) is 1. The van der Waals surface area contributed by atoms with Gasteiger partial charge in [-0.15, -0.1) is 0 Å². The average molecular weight is 327 g/mol.